The van der Waals surface area contributed by atoms with Crippen molar-refractivity contribution in [1.29, 1.82) is 0 Å². The summed E-state index contributed by atoms with van der Waals surface area (Å²) >= 11 is 0. The van der Waals surface area contributed by atoms with E-state index in [1.54, 1.807) is 7.05 Å². The average Bonchev–Trinajstić information content (AvgIpc) is 2.66. The van der Waals surface area contributed by atoms with Crippen LogP contribution >= 0.6 is 0 Å². The highest BCUT2D eigenvalue weighted by Crippen LogP contribution is 2.21. The number of esters is 1. The molecule has 2 aromatic rings. The number of aromatic nitrogens is 2. The standard InChI is InChI=1S/C13H14N2O3/c1-8-4-6-9(7-5-8)11-10(12(16)18-3)14-13(17)15(11)2/h4-7H,1-3H3,(H,14,17). The molecule has 0 aliphatic heterocycles. The molecule has 1 aromatic heterocycles. The SMILES string of the molecule is COC(=O)c1[nH]c(=O)n(C)c1-c1ccc(C)cc1. The zero-order chi connectivity index (χ0) is 13.3. The van der Waals surface area contributed by atoms with Gasteiger partial charge in [0.1, 0.15) is 0 Å². The Morgan fingerprint density at radius 2 is 1.89 bits per heavy atom. The second-order valence-electron chi connectivity index (χ2n) is 4.07. The van der Waals surface area contributed by atoms with Gasteiger partial charge in [-0.25, -0.2) is 9.59 Å². The van der Waals surface area contributed by atoms with Crippen LogP contribution < -0.4 is 5.69 Å². The number of imidazole rings is 1. The monoisotopic (exact) mass is 246 g/mol. The van der Waals surface area contributed by atoms with E-state index in [1.165, 1.54) is 11.7 Å². The van der Waals surface area contributed by atoms with E-state index in [9.17, 15) is 9.59 Å². The summed E-state index contributed by atoms with van der Waals surface area (Å²) in [4.78, 5) is 25.8. The van der Waals surface area contributed by atoms with Crippen LogP contribution in [-0.2, 0) is 11.8 Å². The minimum absolute atomic E-state index is 0.175. The summed E-state index contributed by atoms with van der Waals surface area (Å²) in [7, 11) is 2.90. The Bertz CT molecular complexity index is 635. The number of aryl methyl sites for hydroxylation is 1. The molecule has 0 fully saturated rings. The van der Waals surface area contributed by atoms with E-state index >= 15 is 0 Å². The Balaban J connectivity index is 2.66. The van der Waals surface area contributed by atoms with Gasteiger partial charge in [0, 0.05) is 12.6 Å². The van der Waals surface area contributed by atoms with Crippen LogP contribution in [0.4, 0.5) is 0 Å². The number of rotatable bonds is 2. The lowest BCUT2D eigenvalue weighted by Gasteiger charge is -2.05. The quantitative estimate of drug-likeness (QED) is 0.816. The fourth-order valence-electron chi connectivity index (χ4n) is 1.82. The predicted molar refractivity (Wildman–Crippen MR) is 67.5 cm³/mol. The van der Waals surface area contributed by atoms with Gasteiger partial charge in [0.05, 0.1) is 12.8 Å². The van der Waals surface area contributed by atoms with Crippen LogP contribution in [0.25, 0.3) is 11.3 Å². The van der Waals surface area contributed by atoms with E-state index in [4.69, 9.17) is 0 Å². The highest BCUT2D eigenvalue weighted by molar-refractivity contribution is 5.94. The van der Waals surface area contributed by atoms with Gasteiger partial charge in [0.15, 0.2) is 5.69 Å². The van der Waals surface area contributed by atoms with Crippen molar-refractivity contribution < 1.29 is 9.53 Å². The maximum atomic E-state index is 11.6. The van der Waals surface area contributed by atoms with E-state index in [0.717, 1.165) is 11.1 Å². The number of nitrogens with zero attached hydrogens (tertiary/aromatic N) is 1. The third-order valence-corrected chi connectivity index (χ3v) is 2.82. The number of hydrogen-bond acceptors (Lipinski definition) is 3. The van der Waals surface area contributed by atoms with Crippen molar-refractivity contribution in [2.75, 3.05) is 7.11 Å². The molecule has 94 valence electrons. The molecule has 2 rings (SSSR count). The molecule has 18 heavy (non-hydrogen) atoms. The molecular weight excluding hydrogens is 232 g/mol. The summed E-state index contributed by atoms with van der Waals surface area (Å²) in [6.07, 6.45) is 0. The summed E-state index contributed by atoms with van der Waals surface area (Å²) < 4.78 is 6.07. The Kier molecular flexibility index (Phi) is 3.06. The van der Waals surface area contributed by atoms with Gasteiger partial charge in [0.25, 0.3) is 0 Å². The molecule has 0 saturated heterocycles. The zero-order valence-corrected chi connectivity index (χ0v) is 10.5. The van der Waals surface area contributed by atoms with Crippen LogP contribution in [0, 0.1) is 6.92 Å². The van der Waals surface area contributed by atoms with Gasteiger partial charge in [0.2, 0.25) is 0 Å². The van der Waals surface area contributed by atoms with E-state index in [-0.39, 0.29) is 11.4 Å². The number of ether oxygens (including phenoxy) is 1. The third-order valence-electron chi connectivity index (χ3n) is 2.82. The van der Waals surface area contributed by atoms with Gasteiger partial charge in [-0.05, 0) is 6.92 Å². The van der Waals surface area contributed by atoms with Crippen LogP contribution in [0.15, 0.2) is 29.1 Å². The molecule has 0 saturated carbocycles. The molecule has 1 heterocycles. The fourth-order valence-corrected chi connectivity index (χ4v) is 1.82. The van der Waals surface area contributed by atoms with Crippen molar-refractivity contribution in [3.63, 3.8) is 0 Å². The van der Waals surface area contributed by atoms with Crippen LogP contribution in [0.5, 0.6) is 0 Å². The fraction of sp³-hybridized carbons (Fsp3) is 0.231. The molecule has 0 spiro atoms. The molecular formula is C13H14N2O3. The molecule has 0 atom stereocenters. The normalized spacial score (nSPS) is 10.4. The van der Waals surface area contributed by atoms with Crippen molar-refractivity contribution in [2.45, 2.75) is 6.92 Å². The lowest BCUT2D eigenvalue weighted by molar-refractivity contribution is 0.0595. The first kappa shape index (κ1) is 12.2. The van der Waals surface area contributed by atoms with Crippen LogP contribution in [0.1, 0.15) is 16.1 Å². The zero-order valence-electron chi connectivity index (χ0n) is 10.5. The van der Waals surface area contributed by atoms with Gasteiger partial charge < -0.3 is 4.74 Å². The highest BCUT2D eigenvalue weighted by Gasteiger charge is 2.19. The van der Waals surface area contributed by atoms with E-state index in [1.807, 2.05) is 31.2 Å². The topological polar surface area (TPSA) is 64.1 Å². The van der Waals surface area contributed by atoms with Gasteiger partial charge in [-0.1, -0.05) is 29.8 Å². The van der Waals surface area contributed by atoms with E-state index in [0.29, 0.717) is 5.69 Å². The summed E-state index contributed by atoms with van der Waals surface area (Å²) in [5.41, 5.74) is 2.27. The molecule has 0 aliphatic rings. The molecule has 1 N–H and O–H groups in total. The smallest absolute Gasteiger partial charge is 0.356 e. The first-order chi connectivity index (χ1) is 8.54. The van der Waals surface area contributed by atoms with E-state index in [2.05, 4.69) is 9.72 Å². The molecule has 5 heteroatoms. The Morgan fingerprint density at radius 1 is 1.28 bits per heavy atom. The third kappa shape index (κ3) is 1.95. The van der Waals surface area contributed by atoms with Gasteiger partial charge in [-0.3, -0.25) is 9.55 Å². The lowest BCUT2D eigenvalue weighted by atomic mass is 10.1. The van der Waals surface area contributed by atoms with Crippen LogP contribution in [0.3, 0.4) is 0 Å². The Labute approximate surface area is 104 Å². The Morgan fingerprint density at radius 3 is 2.44 bits per heavy atom. The predicted octanol–water partition coefficient (Wildman–Crippen LogP) is 1.48. The molecule has 0 unspecified atom stereocenters. The summed E-state index contributed by atoms with van der Waals surface area (Å²) in [6, 6.07) is 7.58. The van der Waals surface area contributed by atoms with Crippen molar-refractivity contribution in [3.05, 3.63) is 46.0 Å². The molecule has 5 nitrogen and oxygen atoms in total. The van der Waals surface area contributed by atoms with Gasteiger partial charge in [-0.15, -0.1) is 0 Å². The summed E-state index contributed by atoms with van der Waals surface area (Å²) in [6.45, 7) is 1.97. The molecule has 0 aliphatic carbocycles. The number of methoxy groups -OCH3 is 1. The van der Waals surface area contributed by atoms with Crippen LogP contribution in [-0.4, -0.2) is 22.6 Å². The number of hydrogen-bond donors (Lipinski definition) is 1. The van der Waals surface area contributed by atoms with Crippen molar-refractivity contribution >= 4 is 5.97 Å². The van der Waals surface area contributed by atoms with Gasteiger partial charge in [-0.2, -0.15) is 0 Å². The minimum Gasteiger partial charge on any atom is -0.464 e. The average molecular weight is 246 g/mol. The van der Waals surface area contributed by atoms with Crippen molar-refractivity contribution in [2.24, 2.45) is 7.05 Å². The first-order valence-electron chi connectivity index (χ1n) is 5.49. The van der Waals surface area contributed by atoms with Crippen molar-refractivity contribution in [1.82, 2.24) is 9.55 Å². The number of H-pyrrole nitrogens is 1. The Hall–Kier alpha value is -2.30. The maximum Gasteiger partial charge on any atom is 0.356 e. The lowest BCUT2D eigenvalue weighted by Crippen LogP contribution is -2.13. The second-order valence-corrected chi connectivity index (χ2v) is 4.07. The van der Waals surface area contributed by atoms with E-state index < -0.39 is 5.97 Å². The van der Waals surface area contributed by atoms with Gasteiger partial charge >= 0.3 is 11.7 Å². The minimum atomic E-state index is -0.553. The van der Waals surface area contributed by atoms with Crippen molar-refractivity contribution in [3.8, 4) is 11.3 Å². The maximum absolute atomic E-state index is 11.6. The molecule has 0 amide bonds. The highest BCUT2D eigenvalue weighted by atomic mass is 16.5. The molecule has 0 bridgehead atoms. The molecule has 0 radical (unpaired) electrons. The first-order valence-corrected chi connectivity index (χ1v) is 5.49. The number of benzene rings is 1. The molecule has 1 aromatic carbocycles. The number of aromatic amines is 1. The number of nitrogens with one attached hydrogen (secondary N) is 1. The number of carbonyl (C=O) groups excluding carboxylic acids is 1. The largest absolute Gasteiger partial charge is 0.464 e. The second kappa shape index (κ2) is 4.52. The number of carbonyl (C=O) groups is 1. The van der Waals surface area contributed by atoms with Crippen LogP contribution in [0.2, 0.25) is 0 Å². The summed E-state index contributed by atoms with van der Waals surface area (Å²) in [5.74, 6) is -0.553. The summed E-state index contributed by atoms with van der Waals surface area (Å²) in [5, 5.41) is 0.